The van der Waals surface area contributed by atoms with Gasteiger partial charge in [-0.25, -0.2) is 4.98 Å². The molecular weight excluding hydrogens is 136 g/mol. The Hall–Kier alpha value is -1.31. The van der Waals surface area contributed by atoms with Crippen LogP contribution in [-0.4, -0.2) is 9.97 Å². The molecule has 1 rings (SSSR count). The van der Waals surface area contributed by atoms with Gasteiger partial charge < -0.3 is 4.98 Å². The Morgan fingerprint density at radius 2 is 2.45 bits per heavy atom. The Balaban J connectivity index is 2.34. The maximum absolute atomic E-state index is 4.07. The summed E-state index contributed by atoms with van der Waals surface area (Å²) >= 11 is 0. The standard InChI is InChI=1S/C9H11N2/c1-2-3-4-5-6-9-10-7-8-11-9/h2-5,7-8H,1,6H2,(H,10,11)/b3-2+,5-4+. The summed E-state index contributed by atoms with van der Waals surface area (Å²) in [6.07, 6.45) is 12.0. The molecule has 1 radical (unpaired) electrons. The van der Waals surface area contributed by atoms with Gasteiger partial charge in [0, 0.05) is 18.8 Å². The van der Waals surface area contributed by atoms with E-state index in [0.717, 1.165) is 12.2 Å². The molecule has 1 heterocycles. The van der Waals surface area contributed by atoms with E-state index in [1.807, 2.05) is 24.4 Å². The normalized spacial score (nSPS) is 11.7. The van der Waals surface area contributed by atoms with E-state index in [2.05, 4.69) is 16.9 Å². The summed E-state index contributed by atoms with van der Waals surface area (Å²) in [6, 6.07) is 0. The lowest BCUT2D eigenvalue weighted by molar-refractivity contribution is 1.06. The second-order valence-electron chi connectivity index (χ2n) is 2.10. The molecule has 0 unspecified atom stereocenters. The van der Waals surface area contributed by atoms with Crippen LogP contribution >= 0.6 is 0 Å². The molecule has 0 aliphatic rings. The summed E-state index contributed by atoms with van der Waals surface area (Å²) < 4.78 is 0. The molecule has 0 saturated carbocycles. The Morgan fingerprint density at radius 1 is 1.55 bits per heavy atom. The average Bonchev–Trinajstić information content (AvgIpc) is 2.50. The molecule has 0 fully saturated rings. The van der Waals surface area contributed by atoms with Crippen LogP contribution in [0.5, 0.6) is 0 Å². The molecule has 0 amide bonds. The Bertz CT molecular complexity index is 232. The first kappa shape index (κ1) is 7.79. The Morgan fingerprint density at radius 3 is 3.09 bits per heavy atom. The number of nitrogens with one attached hydrogen (secondary N) is 1. The lowest BCUT2D eigenvalue weighted by Gasteiger charge is -1.84. The molecule has 0 aliphatic heterocycles. The highest BCUT2D eigenvalue weighted by Crippen LogP contribution is 1.90. The second kappa shape index (κ2) is 4.50. The van der Waals surface area contributed by atoms with Crippen molar-refractivity contribution in [2.75, 3.05) is 0 Å². The van der Waals surface area contributed by atoms with Gasteiger partial charge in [-0.3, -0.25) is 0 Å². The Labute approximate surface area is 66.7 Å². The van der Waals surface area contributed by atoms with Crippen LogP contribution in [0.25, 0.3) is 0 Å². The van der Waals surface area contributed by atoms with E-state index < -0.39 is 0 Å². The van der Waals surface area contributed by atoms with Crippen LogP contribution in [0.2, 0.25) is 0 Å². The van der Waals surface area contributed by atoms with Gasteiger partial charge >= 0.3 is 0 Å². The highest BCUT2D eigenvalue weighted by molar-refractivity contribution is 5.06. The van der Waals surface area contributed by atoms with E-state index in [-0.39, 0.29) is 0 Å². The van der Waals surface area contributed by atoms with E-state index in [4.69, 9.17) is 0 Å². The van der Waals surface area contributed by atoms with Gasteiger partial charge in [0.2, 0.25) is 0 Å². The zero-order chi connectivity index (χ0) is 7.94. The van der Waals surface area contributed by atoms with Gasteiger partial charge in [-0.1, -0.05) is 24.3 Å². The van der Waals surface area contributed by atoms with Gasteiger partial charge in [0.15, 0.2) is 0 Å². The van der Waals surface area contributed by atoms with E-state index >= 15 is 0 Å². The summed E-state index contributed by atoms with van der Waals surface area (Å²) in [5.41, 5.74) is 0. The van der Waals surface area contributed by atoms with Gasteiger partial charge in [0.25, 0.3) is 0 Å². The van der Waals surface area contributed by atoms with Gasteiger partial charge in [-0.15, -0.1) is 0 Å². The quantitative estimate of drug-likeness (QED) is 0.650. The molecule has 0 aromatic carbocycles. The summed E-state index contributed by atoms with van der Waals surface area (Å²) in [5.74, 6) is 0.985. The van der Waals surface area contributed by atoms with Crippen LogP contribution < -0.4 is 0 Å². The van der Waals surface area contributed by atoms with Crippen molar-refractivity contribution in [2.24, 2.45) is 0 Å². The number of allylic oxidation sites excluding steroid dienone is 4. The molecule has 0 atom stereocenters. The SMILES string of the molecule is [CH2]/C=C/C=C/Cc1ncc[nH]1. The fourth-order valence-corrected chi connectivity index (χ4v) is 0.746. The van der Waals surface area contributed by atoms with Crippen LogP contribution in [0.4, 0.5) is 0 Å². The molecule has 57 valence electrons. The van der Waals surface area contributed by atoms with Gasteiger partial charge in [0.1, 0.15) is 5.82 Å². The number of nitrogens with zero attached hydrogens (tertiary/aromatic N) is 1. The number of hydrogen-bond donors (Lipinski definition) is 1. The van der Waals surface area contributed by atoms with Crippen LogP contribution in [0.3, 0.4) is 0 Å². The molecule has 0 aliphatic carbocycles. The maximum atomic E-state index is 4.07. The third-order valence-electron chi connectivity index (χ3n) is 1.25. The smallest absolute Gasteiger partial charge is 0.109 e. The third kappa shape index (κ3) is 2.85. The number of imidazole rings is 1. The molecule has 1 aromatic rings. The van der Waals surface area contributed by atoms with Crippen molar-refractivity contribution in [3.05, 3.63) is 49.4 Å². The largest absolute Gasteiger partial charge is 0.348 e. The summed E-state index contributed by atoms with van der Waals surface area (Å²) in [6.45, 7) is 3.56. The summed E-state index contributed by atoms with van der Waals surface area (Å²) in [4.78, 5) is 7.08. The van der Waals surface area contributed by atoms with Crippen molar-refractivity contribution in [2.45, 2.75) is 6.42 Å². The number of aromatic amines is 1. The molecule has 2 nitrogen and oxygen atoms in total. The van der Waals surface area contributed by atoms with Crippen molar-refractivity contribution in [3.63, 3.8) is 0 Å². The van der Waals surface area contributed by atoms with Crippen LogP contribution in [0.15, 0.2) is 36.7 Å². The topological polar surface area (TPSA) is 28.7 Å². The highest BCUT2D eigenvalue weighted by Gasteiger charge is 1.86. The molecule has 0 spiro atoms. The molecule has 11 heavy (non-hydrogen) atoms. The lowest BCUT2D eigenvalue weighted by Crippen LogP contribution is -1.81. The number of H-pyrrole nitrogens is 1. The maximum Gasteiger partial charge on any atom is 0.109 e. The van der Waals surface area contributed by atoms with Gasteiger partial charge in [0.05, 0.1) is 0 Å². The Kier molecular flexibility index (Phi) is 3.19. The van der Waals surface area contributed by atoms with Crippen molar-refractivity contribution in [1.29, 1.82) is 0 Å². The number of hydrogen-bond acceptors (Lipinski definition) is 1. The minimum absolute atomic E-state index is 0.845. The first-order valence-corrected chi connectivity index (χ1v) is 3.52. The van der Waals surface area contributed by atoms with E-state index in [1.165, 1.54) is 0 Å². The highest BCUT2D eigenvalue weighted by atomic mass is 14.9. The number of rotatable bonds is 3. The molecule has 0 saturated heterocycles. The van der Waals surface area contributed by atoms with Crippen LogP contribution in [0.1, 0.15) is 5.82 Å². The minimum Gasteiger partial charge on any atom is -0.348 e. The third-order valence-corrected chi connectivity index (χ3v) is 1.25. The first-order valence-electron chi connectivity index (χ1n) is 3.52. The zero-order valence-electron chi connectivity index (χ0n) is 6.33. The summed E-state index contributed by atoms with van der Waals surface area (Å²) in [5, 5.41) is 0. The molecule has 0 bridgehead atoms. The monoisotopic (exact) mass is 147 g/mol. The fraction of sp³-hybridized carbons (Fsp3) is 0.111. The van der Waals surface area contributed by atoms with Crippen LogP contribution in [0, 0.1) is 6.92 Å². The molecule has 1 aromatic heterocycles. The first-order chi connectivity index (χ1) is 5.43. The predicted molar refractivity (Wildman–Crippen MR) is 45.9 cm³/mol. The van der Waals surface area contributed by atoms with Gasteiger partial charge in [-0.2, -0.15) is 0 Å². The van der Waals surface area contributed by atoms with E-state index in [1.54, 1.807) is 12.3 Å². The lowest BCUT2D eigenvalue weighted by atomic mass is 10.3. The minimum atomic E-state index is 0.845. The van der Waals surface area contributed by atoms with E-state index in [9.17, 15) is 0 Å². The molecule has 2 heteroatoms. The van der Waals surface area contributed by atoms with Gasteiger partial charge in [-0.05, 0) is 6.92 Å². The van der Waals surface area contributed by atoms with Crippen molar-refractivity contribution >= 4 is 0 Å². The fourth-order valence-electron chi connectivity index (χ4n) is 0.746. The molecular formula is C9H11N2. The molecule has 1 N–H and O–H groups in total. The zero-order valence-corrected chi connectivity index (χ0v) is 6.33. The predicted octanol–water partition coefficient (Wildman–Crippen LogP) is 1.90. The average molecular weight is 147 g/mol. The summed E-state index contributed by atoms with van der Waals surface area (Å²) in [7, 11) is 0. The van der Waals surface area contributed by atoms with E-state index in [0.29, 0.717) is 0 Å². The van der Waals surface area contributed by atoms with Crippen LogP contribution in [-0.2, 0) is 6.42 Å². The second-order valence-corrected chi connectivity index (χ2v) is 2.10. The number of aromatic nitrogens is 2. The van der Waals surface area contributed by atoms with Crippen molar-refractivity contribution in [3.8, 4) is 0 Å². The van der Waals surface area contributed by atoms with Crippen molar-refractivity contribution < 1.29 is 0 Å². The van der Waals surface area contributed by atoms with Crippen molar-refractivity contribution in [1.82, 2.24) is 9.97 Å².